The molecule has 0 saturated carbocycles. The highest BCUT2D eigenvalue weighted by Gasteiger charge is 2.43. The van der Waals surface area contributed by atoms with Crippen molar-refractivity contribution in [3.8, 4) is 33.6 Å². The SMILES string of the molecule is COC(=O)N[C@@H](CC(C)C)C(=O)N1C[C@H](F)C[C@H]1c1ncc(-c2ccc(-c3ccc(-c4cnc([C@@H]5C[C@@H](F)CN5C(=O)[C@H](CC(C)C)N(C)C(=O)O)[nH]4)cc3)cc2)[nH]1. The summed E-state index contributed by atoms with van der Waals surface area (Å²) in [4.78, 5) is 70.5. The maximum atomic E-state index is 14.8. The number of likely N-dealkylation sites (N-methyl/N-ethyl adjacent to an activating group) is 1. The molecule has 6 atom stereocenters. The number of methoxy groups -OCH3 is 1. The van der Waals surface area contributed by atoms with E-state index in [1.165, 1.54) is 24.0 Å². The molecule has 4 amide bonds. The van der Waals surface area contributed by atoms with E-state index >= 15 is 0 Å². The van der Waals surface area contributed by atoms with Crippen molar-refractivity contribution in [1.82, 2.24) is 40.0 Å². The number of hydrogen-bond acceptors (Lipinski definition) is 7. The van der Waals surface area contributed by atoms with E-state index in [9.17, 15) is 33.1 Å². The number of halogens is 2. The van der Waals surface area contributed by atoms with Gasteiger partial charge in [0.15, 0.2) is 0 Å². The maximum Gasteiger partial charge on any atom is 0.407 e. The minimum atomic E-state index is -1.26. The van der Waals surface area contributed by atoms with Crippen molar-refractivity contribution >= 4 is 24.0 Å². The van der Waals surface area contributed by atoms with Gasteiger partial charge in [-0.1, -0.05) is 76.2 Å². The molecule has 0 radical (unpaired) electrons. The Hall–Kier alpha value is -5.80. The van der Waals surface area contributed by atoms with E-state index in [1.807, 2.05) is 76.2 Å². The van der Waals surface area contributed by atoms with E-state index < -0.39 is 54.6 Å². The highest BCUT2D eigenvalue weighted by atomic mass is 19.1. The second-order valence-electron chi connectivity index (χ2n) is 16.1. The van der Waals surface area contributed by atoms with Crippen LogP contribution in [-0.2, 0) is 14.3 Å². The number of carbonyl (C=O) groups is 4. The van der Waals surface area contributed by atoms with Gasteiger partial charge in [-0.15, -0.1) is 0 Å². The van der Waals surface area contributed by atoms with E-state index in [0.717, 1.165) is 27.2 Å². The van der Waals surface area contributed by atoms with Crippen LogP contribution in [0.1, 0.15) is 77.1 Å². The van der Waals surface area contributed by atoms with Gasteiger partial charge in [-0.2, -0.15) is 0 Å². The third kappa shape index (κ3) is 9.32. The molecule has 310 valence electrons. The fourth-order valence-electron chi connectivity index (χ4n) is 7.85. The Morgan fingerprint density at radius 1 is 0.776 bits per heavy atom. The van der Waals surface area contributed by atoms with Gasteiger partial charge in [0.25, 0.3) is 0 Å². The number of rotatable bonds is 13. The molecule has 16 heteroatoms. The number of aromatic nitrogens is 4. The van der Waals surface area contributed by atoms with Crippen LogP contribution in [0.15, 0.2) is 60.9 Å². The molecular formula is C42H52F2N8O6. The largest absolute Gasteiger partial charge is 0.465 e. The Kier molecular flexibility index (Phi) is 12.8. The summed E-state index contributed by atoms with van der Waals surface area (Å²) in [5, 5.41) is 12.2. The first-order chi connectivity index (χ1) is 27.6. The van der Waals surface area contributed by atoms with Gasteiger partial charge in [0.05, 0.1) is 56.1 Å². The van der Waals surface area contributed by atoms with Crippen LogP contribution in [0.5, 0.6) is 0 Å². The number of H-pyrrole nitrogens is 2. The summed E-state index contributed by atoms with van der Waals surface area (Å²) in [6.07, 6.45) is -0.294. The summed E-state index contributed by atoms with van der Waals surface area (Å²) in [5.41, 5.74) is 5.00. The van der Waals surface area contributed by atoms with E-state index in [0.29, 0.717) is 35.9 Å². The van der Waals surface area contributed by atoms with Crippen molar-refractivity contribution in [2.24, 2.45) is 11.8 Å². The van der Waals surface area contributed by atoms with Crippen molar-refractivity contribution in [2.75, 3.05) is 27.2 Å². The van der Waals surface area contributed by atoms with E-state index in [2.05, 4.69) is 25.3 Å². The molecule has 4 N–H and O–H groups in total. The summed E-state index contributed by atoms with van der Waals surface area (Å²) in [6, 6.07) is 12.6. The number of alkyl carbamates (subject to hydrolysis) is 1. The molecule has 4 aromatic rings. The van der Waals surface area contributed by atoms with E-state index in [4.69, 9.17) is 4.74 Å². The van der Waals surface area contributed by atoms with Crippen molar-refractivity contribution in [3.05, 3.63) is 72.6 Å². The second kappa shape index (κ2) is 17.8. The van der Waals surface area contributed by atoms with Crippen LogP contribution in [0, 0.1) is 11.8 Å². The summed E-state index contributed by atoms with van der Waals surface area (Å²) in [6.45, 7) is 7.46. The number of imidazole rings is 2. The monoisotopic (exact) mass is 802 g/mol. The molecule has 0 spiro atoms. The van der Waals surface area contributed by atoms with Crippen LogP contribution in [0.3, 0.4) is 0 Å². The molecule has 58 heavy (non-hydrogen) atoms. The minimum Gasteiger partial charge on any atom is -0.465 e. The molecule has 2 aliphatic heterocycles. The number of nitrogens with zero attached hydrogens (tertiary/aromatic N) is 5. The first-order valence-electron chi connectivity index (χ1n) is 19.6. The molecule has 0 unspecified atom stereocenters. The number of alkyl halides is 2. The fourth-order valence-corrected chi connectivity index (χ4v) is 7.85. The topological polar surface area (TPSA) is 177 Å². The number of benzene rings is 2. The first kappa shape index (κ1) is 41.8. The molecule has 2 aromatic heterocycles. The average molecular weight is 803 g/mol. The van der Waals surface area contributed by atoms with Gasteiger partial charge in [-0.05, 0) is 46.9 Å². The zero-order chi connectivity index (χ0) is 41.8. The molecule has 14 nitrogen and oxygen atoms in total. The van der Waals surface area contributed by atoms with Gasteiger partial charge < -0.3 is 34.9 Å². The van der Waals surface area contributed by atoms with Crippen LogP contribution in [0.25, 0.3) is 33.6 Å². The lowest BCUT2D eigenvalue weighted by Crippen LogP contribution is -2.49. The molecule has 2 aromatic carbocycles. The van der Waals surface area contributed by atoms with Gasteiger partial charge >= 0.3 is 12.2 Å². The Balaban J connectivity index is 1.13. The highest BCUT2D eigenvalue weighted by Crippen LogP contribution is 2.37. The Labute approximate surface area is 336 Å². The van der Waals surface area contributed by atoms with Gasteiger partial charge in [-0.3, -0.25) is 14.5 Å². The molecule has 0 bridgehead atoms. The minimum absolute atomic E-state index is 0.0490. The number of carboxylic acid groups (broad SMARTS) is 1. The van der Waals surface area contributed by atoms with Gasteiger partial charge in [-0.25, -0.2) is 28.3 Å². The lowest BCUT2D eigenvalue weighted by molar-refractivity contribution is -0.138. The molecule has 2 aliphatic rings. The quantitative estimate of drug-likeness (QED) is 0.110. The number of nitrogens with one attached hydrogen (secondary N) is 3. The maximum absolute atomic E-state index is 14.8. The highest BCUT2D eigenvalue weighted by molar-refractivity contribution is 5.87. The Bertz CT molecular complexity index is 2070. The van der Waals surface area contributed by atoms with Crippen LogP contribution in [0.2, 0.25) is 0 Å². The smallest absolute Gasteiger partial charge is 0.407 e. The van der Waals surface area contributed by atoms with Crippen LogP contribution in [0.4, 0.5) is 18.4 Å². The standard InChI is InChI=1S/C42H52F2N8O6/c1-23(2)15-31(49-41(55)58-6)39(53)51-21-29(43)17-34(51)37-45-19-32(47-37)27-11-7-25(8-12-27)26-9-13-28(14-10-26)33-20-46-38(48-33)35-18-30(44)22-52(35)40(54)36(16-24(3)4)50(5)42(56)57/h7-14,19-20,23-24,29-31,34-36H,15-18,21-22H2,1-6H3,(H,45,47)(H,46,48)(H,49,55)(H,56,57)/t29-,30-,31+,34+,35+,36+/m1/s1. The predicted octanol–water partition coefficient (Wildman–Crippen LogP) is 7.15. The van der Waals surface area contributed by atoms with Crippen molar-refractivity contribution in [2.45, 2.75) is 89.9 Å². The van der Waals surface area contributed by atoms with E-state index in [1.54, 1.807) is 12.4 Å². The van der Waals surface area contributed by atoms with Crippen LogP contribution < -0.4 is 5.32 Å². The molecule has 4 heterocycles. The zero-order valence-electron chi connectivity index (χ0n) is 33.6. The lowest BCUT2D eigenvalue weighted by Gasteiger charge is -2.32. The number of likely N-dealkylation sites (tertiary alicyclic amines) is 2. The normalized spacial score (nSPS) is 20.4. The summed E-state index contributed by atoms with van der Waals surface area (Å²) >= 11 is 0. The fraction of sp³-hybridized carbons (Fsp3) is 0.476. The number of hydrogen-bond donors (Lipinski definition) is 4. The van der Waals surface area contributed by atoms with Crippen molar-refractivity contribution in [1.29, 1.82) is 0 Å². The molecule has 6 rings (SSSR count). The Morgan fingerprint density at radius 2 is 1.21 bits per heavy atom. The third-order valence-corrected chi connectivity index (χ3v) is 10.8. The van der Waals surface area contributed by atoms with Crippen molar-refractivity contribution < 1.29 is 37.8 Å². The molecule has 2 saturated heterocycles. The van der Waals surface area contributed by atoms with Crippen LogP contribution >= 0.6 is 0 Å². The van der Waals surface area contributed by atoms with E-state index in [-0.39, 0.29) is 43.7 Å². The Morgan fingerprint density at radius 3 is 1.62 bits per heavy atom. The number of carbonyl (C=O) groups excluding carboxylic acids is 3. The summed E-state index contributed by atoms with van der Waals surface area (Å²) in [7, 11) is 2.59. The number of ether oxygens (including phenoxy) is 1. The summed E-state index contributed by atoms with van der Waals surface area (Å²) in [5.74, 6) is 0.228. The second-order valence-corrected chi connectivity index (χ2v) is 16.1. The van der Waals surface area contributed by atoms with Gasteiger partial charge in [0, 0.05) is 19.9 Å². The predicted molar refractivity (Wildman–Crippen MR) is 213 cm³/mol. The lowest BCUT2D eigenvalue weighted by atomic mass is 10.0. The molecule has 2 fully saturated rings. The third-order valence-electron chi connectivity index (χ3n) is 10.8. The zero-order valence-corrected chi connectivity index (χ0v) is 33.6. The van der Waals surface area contributed by atoms with Gasteiger partial charge in [0.1, 0.15) is 36.1 Å². The molecular weight excluding hydrogens is 751 g/mol. The molecule has 0 aliphatic carbocycles. The number of amides is 4. The van der Waals surface area contributed by atoms with Gasteiger partial charge in [0.2, 0.25) is 11.8 Å². The van der Waals surface area contributed by atoms with Crippen LogP contribution in [-0.4, -0.2) is 115 Å². The van der Waals surface area contributed by atoms with Crippen molar-refractivity contribution in [3.63, 3.8) is 0 Å². The summed E-state index contributed by atoms with van der Waals surface area (Å²) < 4.78 is 34.3. The first-order valence-corrected chi connectivity index (χ1v) is 19.6. The number of aromatic amines is 2. The average Bonchev–Trinajstić information content (AvgIpc) is 4.02.